The second-order valence-electron chi connectivity index (χ2n) is 16.0. The van der Waals surface area contributed by atoms with Crippen LogP contribution in [0.4, 0.5) is 9.59 Å². The monoisotopic (exact) mass is 1240 g/mol. The molecule has 0 fully saturated rings. The smallest absolute Gasteiger partial charge is 0.407 e. The summed E-state index contributed by atoms with van der Waals surface area (Å²) in [7, 11) is 0. The van der Waals surface area contributed by atoms with Gasteiger partial charge in [-0.3, -0.25) is 19.2 Å². The Hall–Kier alpha value is -5.86. The van der Waals surface area contributed by atoms with Crippen LogP contribution in [-0.2, 0) is 85.7 Å². The first-order valence-electron chi connectivity index (χ1n) is 25.1. The first-order valence-corrected chi connectivity index (χ1v) is 30.0. The van der Waals surface area contributed by atoms with Gasteiger partial charge in [0.15, 0.2) is 0 Å². The van der Waals surface area contributed by atoms with E-state index in [2.05, 4.69) is 57.0 Å². The molecule has 26 heteroatoms. The van der Waals surface area contributed by atoms with Crippen molar-refractivity contribution < 1.29 is 95.3 Å². The van der Waals surface area contributed by atoms with E-state index in [1.54, 1.807) is 60.9 Å². The number of carbonyl (C=O) groups excluding carboxylic acids is 10. The number of hydrogen-bond donors (Lipinski definition) is 2. The molecule has 82 heavy (non-hydrogen) atoms. The Balaban J connectivity index is -0.000000235. The summed E-state index contributed by atoms with van der Waals surface area (Å²) in [5.74, 6) is 1.72. The third-order valence-electron chi connectivity index (χ3n) is 8.15. The molecule has 0 aliphatic rings. The van der Waals surface area contributed by atoms with Crippen molar-refractivity contribution in [1.29, 1.82) is 0 Å². The molecule has 0 rings (SSSR count). The molecule has 0 unspecified atom stereocenters. The van der Waals surface area contributed by atoms with E-state index in [9.17, 15) is 47.9 Å². The Kier molecular flexibility index (Phi) is 65.2. The van der Waals surface area contributed by atoms with Crippen LogP contribution in [0.2, 0.25) is 0 Å². The fourth-order valence-electron chi connectivity index (χ4n) is 4.01. The number of ether oxygens (including phenoxy) is 10. The van der Waals surface area contributed by atoms with Gasteiger partial charge in [0.2, 0.25) is 0 Å². The van der Waals surface area contributed by atoms with E-state index in [0.717, 1.165) is 46.5 Å². The lowest BCUT2D eigenvalue weighted by Gasteiger charge is -2.08. The number of rotatable bonds is 40. The van der Waals surface area contributed by atoms with Crippen molar-refractivity contribution in [2.75, 3.05) is 126 Å². The zero-order valence-corrected chi connectivity index (χ0v) is 51.3. The van der Waals surface area contributed by atoms with Gasteiger partial charge in [0, 0.05) is 56.8 Å². The molecule has 2 amide bonds. The minimum absolute atomic E-state index is 0. The molecule has 0 aromatic carbocycles. The number of thioether (sulfide) groups is 4. The Labute approximate surface area is 504 Å². The van der Waals surface area contributed by atoms with Gasteiger partial charge in [-0.15, -0.1) is 0 Å². The molecule has 0 radical (unpaired) electrons. The molecule has 0 heterocycles. The first-order chi connectivity index (χ1) is 37.8. The summed E-state index contributed by atoms with van der Waals surface area (Å²) in [6, 6.07) is 0. The van der Waals surface area contributed by atoms with Crippen LogP contribution in [0.1, 0.15) is 95.4 Å². The quantitative estimate of drug-likeness (QED) is 0.0190. The predicted molar refractivity (Wildman–Crippen MR) is 328 cm³/mol. The summed E-state index contributed by atoms with van der Waals surface area (Å²) in [4.78, 5) is 112. The zero-order valence-electron chi connectivity index (χ0n) is 48.0. The predicted octanol–water partition coefficient (Wildman–Crippen LogP) is 9.01. The van der Waals surface area contributed by atoms with Crippen LogP contribution in [0.25, 0.3) is 0 Å². The van der Waals surface area contributed by atoms with Crippen LogP contribution >= 0.6 is 47.0 Å². The van der Waals surface area contributed by atoms with E-state index >= 15 is 0 Å². The van der Waals surface area contributed by atoms with Crippen LogP contribution in [0.15, 0.2) is 72.9 Å². The Morgan fingerprint density at radius 1 is 0.378 bits per heavy atom. The van der Waals surface area contributed by atoms with Gasteiger partial charge >= 0.3 is 59.9 Å². The molecule has 0 aromatic heterocycles. The zero-order chi connectivity index (χ0) is 61.5. The van der Waals surface area contributed by atoms with Gasteiger partial charge in [-0.2, -0.15) is 47.0 Å². The lowest BCUT2D eigenvalue weighted by Crippen LogP contribution is -2.29. The molecule has 2 N–H and O–H groups in total. The number of carbonyl (C=O) groups is 10. The summed E-state index contributed by atoms with van der Waals surface area (Å²) in [6.45, 7) is 35.5. The Morgan fingerprint density at radius 3 is 0.988 bits per heavy atom. The van der Waals surface area contributed by atoms with Gasteiger partial charge in [-0.1, -0.05) is 79.3 Å². The van der Waals surface area contributed by atoms with Crippen LogP contribution < -0.4 is 10.6 Å². The Morgan fingerprint density at radius 2 is 0.671 bits per heavy atom. The number of alkyl carbamates (subject to hydrolysis) is 2. The number of nitrogens with one attached hydrogen (secondary N) is 2. The second kappa shape index (κ2) is 61.2. The van der Waals surface area contributed by atoms with E-state index < -0.39 is 59.9 Å². The third-order valence-corrected chi connectivity index (χ3v) is 11.8. The second-order valence-corrected chi connectivity index (χ2v) is 20.6. The van der Waals surface area contributed by atoms with Crippen LogP contribution in [0.3, 0.4) is 0 Å². The van der Waals surface area contributed by atoms with Gasteiger partial charge in [-0.05, 0) is 53.0 Å². The number of esters is 8. The summed E-state index contributed by atoms with van der Waals surface area (Å²) in [5, 5.41) is 4.95. The molecule has 472 valence electrons. The van der Waals surface area contributed by atoms with Gasteiger partial charge < -0.3 is 58.0 Å². The van der Waals surface area contributed by atoms with Crippen molar-refractivity contribution in [1.82, 2.24) is 10.6 Å². The van der Waals surface area contributed by atoms with Gasteiger partial charge in [-0.25, -0.2) is 28.8 Å². The number of amides is 2. The first kappa shape index (κ1) is 87.4. The van der Waals surface area contributed by atoms with E-state index in [1.807, 2.05) is 20.1 Å². The molecule has 0 spiro atoms. The summed E-state index contributed by atoms with van der Waals surface area (Å²) >= 11 is 6.58. The van der Waals surface area contributed by atoms with Crippen molar-refractivity contribution >= 4 is 107 Å². The summed E-state index contributed by atoms with van der Waals surface area (Å²) in [5.41, 5.74) is 3.48. The molecule has 0 aromatic rings. The molecule has 0 aliphatic heterocycles. The lowest BCUT2D eigenvalue weighted by molar-refractivity contribution is -0.152. The van der Waals surface area contributed by atoms with E-state index in [1.165, 1.54) is 19.4 Å². The highest BCUT2D eigenvalue weighted by molar-refractivity contribution is 7.99. The van der Waals surface area contributed by atoms with E-state index in [4.69, 9.17) is 47.4 Å². The molecular formula is C56H94N2O20S4. The molecule has 22 nitrogen and oxygen atoms in total. The van der Waals surface area contributed by atoms with Crippen LogP contribution in [0, 0.1) is 0 Å². The molecule has 0 atom stereocenters. The number of hydrogen-bond acceptors (Lipinski definition) is 24. The van der Waals surface area contributed by atoms with Crippen molar-refractivity contribution in [2.24, 2.45) is 0 Å². The fourth-order valence-corrected chi connectivity index (χ4v) is 6.29. The standard InChI is InChI=1S/C16H24O6S.C14H23NO4S.C14H22O6S.C10H17NO4S.2CH4/c1-12(2)11-23-10-9-21-15(18)6-5-14(17)20-7-8-22-16(19)13(3)4;1-5-12(4)10-20-9-8-19-14(17)15-6-7-18-13(16)11(2)3;1-4-21-10-9-19-13(16)6-5-12(15)18-7-8-20-14(17)11(2)3;1-8(2)9(12)14-5-4-11-10(13)15-6-7-16-3;;/h1,3,5-11H2,2,4H3;2,4-10H2,1,3H3,(H,15,17);2,4-10H2,1,3H3;1,4-7H2,2-3H3,(H,11,13);2*1H4. The molecule has 0 bridgehead atoms. The van der Waals surface area contributed by atoms with E-state index in [-0.39, 0.29) is 104 Å². The average Bonchev–Trinajstić information content (AvgIpc) is 3.41. The largest absolute Gasteiger partial charge is 0.465 e. The lowest BCUT2D eigenvalue weighted by atomic mass is 10.3. The highest BCUT2D eigenvalue weighted by Gasteiger charge is 2.12. The maximum Gasteiger partial charge on any atom is 0.407 e. The van der Waals surface area contributed by atoms with Crippen LogP contribution in [-0.4, -0.2) is 186 Å². The van der Waals surface area contributed by atoms with Crippen molar-refractivity contribution in [2.45, 2.75) is 95.4 Å². The SMILES string of the molecule is C.C.C=C(C)C(=O)OCCNC(=O)OCCSC.C=C(C)C(=O)OCCOC(=O)CCC(=O)OCCSCC.C=C(C)CSCCOC(=O)CCC(=O)OCCOC(=O)C(=C)C.C=C(CC)CSCCOC(=O)NCCOC(=O)C(=C)C. The molecule has 0 saturated heterocycles. The summed E-state index contributed by atoms with van der Waals surface area (Å²) in [6.07, 6.45) is 1.74. The van der Waals surface area contributed by atoms with Crippen molar-refractivity contribution in [3.8, 4) is 0 Å². The van der Waals surface area contributed by atoms with E-state index in [0.29, 0.717) is 43.3 Å². The van der Waals surface area contributed by atoms with Crippen molar-refractivity contribution in [3.63, 3.8) is 0 Å². The average molecular weight is 1240 g/mol. The maximum atomic E-state index is 11.4. The minimum atomic E-state index is -0.537. The molecule has 0 saturated carbocycles. The van der Waals surface area contributed by atoms with Gasteiger partial charge in [0.25, 0.3) is 0 Å². The summed E-state index contributed by atoms with van der Waals surface area (Å²) < 4.78 is 48.4. The van der Waals surface area contributed by atoms with Crippen molar-refractivity contribution in [3.05, 3.63) is 72.9 Å². The normalized spacial score (nSPS) is 9.46. The van der Waals surface area contributed by atoms with Gasteiger partial charge in [0.1, 0.15) is 66.1 Å². The highest BCUT2D eigenvalue weighted by atomic mass is 32.2. The van der Waals surface area contributed by atoms with Crippen LogP contribution in [0.5, 0.6) is 0 Å². The van der Waals surface area contributed by atoms with Gasteiger partial charge in [0.05, 0.1) is 38.8 Å². The third kappa shape index (κ3) is 66.7. The molecular weight excluding hydrogens is 1150 g/mol. The molecule has 0 aliphatic carbocycles. The highest BCUT2D eigenvalue weighted by Crippen LogP contribution is 2.09. The fraction of sp³-hybridized carbons (Fsp3) is 0.607. The minimum Gasteiger partial charge on any atom is -0.465 e. The topological polar surface area (TPSA) is 287 Å². The maximum absolute atomic E-state index is 11.4. The Bertz CT molecular complexity index is 1960.